The van der Waals surface area contributed by atoms with Gasteiger partial charge in [-0.05, 0) is 65.8 Å². The normalized spacial score (nSPS) is 10.4. The average molecular weight is 445 g/mol. The summed E-state index contributed by atoms with van der Waals surface area (Å²) in [5, 5.41) is 2.92. The van der Waals surface area contributed by atoms with Crippen LogP contribution in [0.25, 0.3) is 0 Å². The number of hydrogen-bond donors (Lipinski definition) is 1. The predicted octanol–water partition coefficient (Wildman–Crippen LogP) is 3.80. The summed E-state index contributed by atoms with van der Waals surface area (Å²) < 4.78 is 12.2. The lowest BCUT2D eigenvalue weighted by molar-refractivity contribution is -0.121. The van der Waals surface area contributed by atoms with Crippen molar-refractivity contribution in [1.82, 2.24) is 5.32 Å². The highest BCUT2D eigenvalue weighted by Gasteiger charge is 2.06. The molecule has 0 atom stereocenters. The van der Waals surface area contributed by atoms with Gasteiger partial charge < -0.3 is 14.8 Å². The van der Waals surface area contributed by atoms with Crippen molar-refractivity contribution in [3.63, 3.8) is 0 Å². The smallest absolute Gasteiger partial charge is 0.223 e. The first kappa shape index (κ1) is 18.1. The molecule has 0 saturated carbocycles. The Hall–Kier alpha value is -1.28. The molecule has 23 heavy (non-hydrogen) atoms. The standard InChI is InChI=1S/C17H20INO3S/c1-12-3-5-14(15(11-12)21-2)22-10-8-17(20)19-9-7-13-4-6-16(18)23-13/h3-6,11H,7-10H2,1-2H3,(H,19,20). The van der Waals surface area contributed by atoms with Crippen molar-refractivity contribution in [2.45, 2.75) is 19.8 Å². The van der Waals surface area contributed by atoms with Crippen molar-refractivity contribution in [2.24, 2.45) is 0 Å². The zero-order chi connectivity index (χ0) is 16.7. The Labute approximate surface area is 154 Å². The van der Waals surface area contributed by atoms with E-state index in [1.54, 1.807) is 18.4 Å². The third-order valence-electron chi connectivity index (χ3n) is 3.23. The summed E-state index contributed by atoms with van der Waals surface area (Å²) in [6, 6.07) is 9.93. The summed E-state index contributed by atoms with van der Waals surface area (Å²) in [6.07, 6.45) is 1.20. The highest BCUT2D eigenvalue weighted by Crippen LogP contribution is 2.27. The second-order valence-electron chi connectivity index (χ2n) is 5.06. The van der Waals surface area contributed by atoms with Gasteiger partial charge in [0, 0.05) is 11.4 Å². The van der Waals surface area contributed by atoms with E-state index in [9.17, 15) is 4.79 Å². The highest BCUT2D eigenvalue weighted by molar-refractivity contribution is 14.1. The van der Waals surface area contributed by atoms with Crippen LogP contribution in [0.15, 0.2) is 30.3 Å². The molecule has 2 rings (SSSR count). The van der Waals surface area contributed by atoms with Gasteiger partial charge in [-0.25, -0.2) is 0 Å². The molecule has 0 aliphatic rings. The van der Waals surface area contributed by atoms with E-state index in [-0.39, 0.29) is 5.91 Å². The minimum atomic E-state index is 0.00216. The molecule has 124 valence electrons. The quantitative estimate of drug-likeness (QED) is 0.629. The Morgan fingerprint density at radius 2 is 2.09 bits per heavy atom. The molecule has 1 heterocycles. The van der Waals surface area contributed by atoms with Crippen LogP contribution in [0.5, 0.6) is 11.5 Å². The first-order chi connectivity index (χ1) is 11.1. The number of rotatable bonds is 8. The van der Waals surface area contributed by atoms with Crippen LogP contribution in [0.3, 0.4) is 0 Å². The number of halogens is 1. The van der Waals surface area contributed by atoms with Crippen molar-refractivity contribution >= 4 is 39.8 Å². The van der Waals surface area contributed by atoms with Crippen LogP contribution in [0.1, 0.15) is 16.9 Å². The molecule has 0 spiro atoms. The molecule has 0 unspecified atom stereocenters. The van der Waals surface area contributed by atoms with Gasteiger partial charge in [0.25, 0.3) is 0 Å². The fourth-order valence-electron chi connectivity index (χ4n) is 2.05. The van der Waals surface area contributed by atoms with E-state index >= 15 is 0 Å². The minimum Gasteiger partial charge on any atom is -0.493 e. The van der Waals surface area contributed by atoms with Crippen LogP contribution < -0.4 is 14.8 Å². The molecule has 4 nitrogen and oxygen atoms in total. The number of benzene rings is 1. The number of amides is 1. The molecule has 0 fully saturated rings. The molecule has 1 amide bonds. The van der Waals surface area contributed by atoms with Gasteiger partial charge >= 0.3 is 0 Å². The fraction of sp³-hybridized carbons (Fsp3) is 0.353. The molecule has 2 aromatic rings. The second kappa shape index (κ2) is 9.12. The second-order valence-corrected chi connectivity index (χ2v) is 8.12. The summed E-state index contributed by atoms with van der Waals surface area (Å²) in [5.41, 5.74) is 1.11. The maximum absolute atomic E-state index is 11.8. The van der Waals surface area contributed by atoms with E-state index in [1.807, 2.05) is 25.1 Å². The first-order valence-electron chi connectivity index (χ1n) is 7.37. The van der Waals surface area contributed by atoms with Gasteiger partial charge in [0.15, 0.2) is 11.5 Å². The van der Waals surface area contributed by atoms with Crippen molar-refractivity contribution in [3.8, 4) is 11.5 Å². The maximum atomic E-state index is 11.8. The fourth-order valence-corrected chi connectivity index (χ4v) is 3.80. The molecule has 0 bridgehead atoms. The lowest BCUT2D eigenvalue weighted by Crippen LogP contribution is -2.26. The maximum Gasteiger partial charge on any atom is 0.223 e. The molecule has 1 N–H and O–H groups in total. The van der Waals surface area contributed by atoms with Crippen LogP contribution in [0, 0.1) is 9.81 Å². The molecule has 0 radical (unpaired) electrons. The minimum absolute atomic E-state index is 0.00216. The van der Waals surface area contributed by atoms with Gasteiger partial charge in [0.05, 0.1) is 23.0 Å². The summed E-state index contributed by atoms with van der Waals surface area (Å²) in [7, 11) is 1.61. The highest BCUT2D eigenvalue weighted by atomic mass is 127. The molecular formula is C17H20INO3S. The zero-order valence-corrected chi connectivity index (χ0v) is 16.2. The molecule has 0 saturated heterocycles. The van der Waals surface area contributed by atoms with Crippen molar-refractivity contribution < 1.29 is 14.3 Å². The lowest BCUT2D eigenvalue weighted by atomic mass is 10.2. The van der Waals surface area contributed by atoms with Gasteiger partial charge in [-0.2, -0.15) is 0 Å². The number of carbonyl (C=O) groups is 1. The van der Waals surface area contributed by atoms with Gasteiger partial charge in [-0.1, -0.05) is 6.07 Å². The molecule has 6 heteroatoms. The van der Waals surface area contributed by atoms with Gasteiger partial charge in [-0.3, -0.25) is 4.79 Å². The van der Waals surface area contributed by atoms with E-state index < -0.39 is 0 Å². The van der Waals surface area contributed by atoms with E-state index in [4.69, 9.17) is 9.47 Å². The first-order valence-corrected chi connectivity index (χ1v) is 9.26. The topological polar surface area (TPSA) is 47.6 Å². The monoisotopic (exact) mass is 445 g/mol. The van der Waals surface area contributed by atoms with Crippen LogP contribution in [0.4, 0.5) is 0 Å². The third-order valence-corrected chi connectivity index (χ3v) is 5.18. The lowest BCUT2D eigenvalue weighted by Gasteiger charge is -2.11. The van der Waals surface area contributed by atoms with Crippen molar-refractivity contribution in [3.05, 3.63) is 43.7 Å². The number of methoxy groups -OCH3 is 1. The van der Waals surface area contributed by atoms with Crippen LogP contribution in [-0.4, -0.2) is 26.2 Å². The van der Waals surface area contributed by atoms with Crippen LogP contribution >= 0.6 is 33.9 Å². The molecular weight excluding hydrogens is 425 g/mol. The summed E-state index contributed by atoms with van der Waals surface area (Å²) in [6.45, 7) is 2.99. The van der Waals surface area contributed by atoms with Crippen molar-refractivity contribution in [1.29, 1.82) is 0 Å². The Kier molecular flexibility index (Phi) is 7.16. The van der Waals surface area contributed by atoms with E-state index in [1.165, 1.54) is 7.76 Å². The summed E-state index contributed by atoms with van der Waals surface area (Å²) in [5.74, 6) is 1.36. The number of hydrogen-bond acceptors (Lipinski definition) is 4. The number of carbonyl (C=O) groups excluding carboxylic acids is 1. The molecule has 0 aliphatic carbocycles. The Morgan fingerprint density at radius 1 is 1.26 bits per heavy atom. The molecule has 1 aromatic carbocycles. The van der Waals surface area contributed by atoms with Crippen LogP contribution in [-0.2, 0) is 11.2 Å². The Balaban J connectivity index is 1.68. The molecule has 0 aliphatic heterocycles. The zero-order valence-electron chi connectivity index (χ0n) is 13.2. The number of nitrogens with one attached hydrogen (secondary N) is 1. The van der Waals surface area contributed by atoms with Gasteiger partial charge in [0.2, 0.25) is 5.91 Å². The summed E-state index contributed by atoms with van der Waals surface area (Å²) >= 11 is 4.06. The molecule has 1 aromatic heterocycles. The third kappa shape index (κ3) is 6.02. The van der Waals surface area contributed by atoms with E-state index in [0.717, 1.165) is 12.0 Å². The van der Waals surface area contributed by atoms with Gasteiger partial charge in [0.1, 0.15) is 0 Å². The average Bonchev–Trinajstić information content (AvgIpc) is 2.94. The number of aryl methyl sites for hydroxylation is 1. The Morgan fingerprint density at radius 3 is 2.78 bits per heavy atom. The van der Waals surface area contributed by atoms with Crippen molar-refractivity contribution in [2.75, 3.05) is 20.3 Å². The SMILES string of the molecule is COc1cc(C)ccc1OCCC(=O)NCCc1ccc(I)s1. The van der Waals surface area contributed by atoms with Gasteiger partial charge in [-0.15, -0.1) is 11.3 Å². The number of ether oxygens (including phenoxy) is 2. The predicted molar refractivity (Wildman–Crippen MR) is 102 cm³/mol. The Bertz CT molecular complexity index is 657. The van der Waals surface area contributed by atoms with E-state index in [0.29, 0.717) is 31.1 Å². The van der Waals surface area contributed by atoms with E-state index in [2.05, 4.69) is 40.0 Å². The van der Waals surface area contributed by atoms with Crippen LogP contribution in [0.2, 0.25) is 0 Å². The number of thiophene rings is 1. The largest absolute Gasteiger partial charge is 0.493 e. The summed E-state index contributed by atoms with van der Waals surface area (Å²) in [4.78, 5) is 13.1.